The van der Waals surface area contributed by atoms with Crippen LogP contribution in [0.5, 0.6) is 0 Å². The van der Waals surface area contributed by atoms with E-state index in [2.05, 4.69) is 30.7 Å². The molecule has 0 radical (unpaired) electrons. The van der Waals surface area contributed by atoms with E-state index in [1.807, 2.05) is 4.90 Å². The zero-order valence-corrected chi connectivity index (χ0v) is 16.1. The van der Waals surface area contributed by atoms with Crippen LogP contribution in [0.3, 0.4) is 0 Å². The monoisotopic (exact) mass is 346 g/mol. The van der Waals surface area contributed by atoms with Crippen LogP contribution in [-0.2, 0) is 11.2 Å². The van der Waals surface area contributed by atoms with Crippen molar-refractivity contribution in [1.29, 1.82) is 0 Å². The fourth-order valence-electron chi connectivity index (χ4n) is 3.17. The van der Waals surface area contributed by atoms with Gasteiger partial charge in [0, 0.05) is 39.3 Å². The van der Waals surface area contributed by atoms with E-state index in [1.54, 1.807) is 20.2 Å². The molecule has 1 aromatic heterocycles. The first-order valence-electron chi connectivity index (χ1n) is 8.96. The van der Waals surface area contributed by atoms with Gasteiger partial charge in [-0.15, -0.1) is 0 Å². The highest BCUT2D eigenvalue weighted by Gasteiger charge is 2.27. The van der Waals surface area contributed by atoms with Gasteiger partial charge in [-0.3, -0.25) is 9.59 Å². The molecule has 1 aliphatic heterocycles. The van der Waals surface area contributed by atoms with Crippen molar-refractivity contribution < 1.29 is 9.59 Å². The Morgan fingerprint density at radius 2 is 2.00 bits per heavy atom. The van der Waals surface area contributed by atoms with Crippen LogP contribution < -0.4 is 0 Å². The number of piperidine rings is 1. The molecule has 0 aromatic carbocycles. The molecule has 0 saturated carbocycles. The van der Waals surface area contributed by atoms with Gasteiger partial charge >= 0.3 is 0 Å². The number of carbonyl (C=O) groups excluding carboxylic acids is 2. The zero-order chi connectivity index (χ0) is 18.6. The van der Waals surface area contributed by atoms with Gasteiger partial charge in [0.25, 0.3) is 5.91 Å². The second kappa shape index (κ2) is 7.93. The van der Waals surface area contributed by atoms with Gasteiger partial charge < -0.3 is 9.80 Å². The van der Waals surface area contributed by atoms with E-state index >= 15 is 0 Å². The third-order valence-electron chi connectivity index (χ3n) is 4.40. The average molecular weight is 346 g/mol. The van der Waals surface area contributed by atoms with Gasteiger partial charge in [0.1, 0.15) is 12.0 Å². The highest BCUT2D eigenvalue weighted by Crippen LogP contribution is 2.24. The van der Waals surface area contributed by atoms with Gasteiger partial charge in [0.15, 0.2) is 0 Å². The molecule has 0 unspecified atom stereocenters. The van der Waals surface area contributed by atoms with Crippen molar-refractivity contribution in [1.82, 2.24) is 19.8 Å². The molecule has 138 valence electrons. The number of rotatable bonds is 4. The lowest BCUT2D eigenvalue weighted by atomic mass is 9.89. The number of hydrogen-bond donors (Lipinski definition) is 0. The fraction of sp³-hybridized carbons (Fsp3) is 0.684. The summed E-state index contributed by atoms with van der Waals surface area (Å²) in [7, 11) is 3.42. The SMILES string of the molecule is CN(C)C(=O)c1cc(C[C@@H]2CCCN(C(=O)CC(C)(C)C)C2)ncn1. The summed E-state index contributed by atoms with van der Waals surface area (Å²) < 4.78 is 0. The summed E-state index contributed by atoms with van der Waals surface area (Å²) in [5.41, 5.74) is 1.31. The van der Waals surface area contributed by atoms with Gasteiger partial charge in [-0.25, -0.2) is 9.97 Å². The van der Waals surface area contributed by atoms with Crippen LogP contribution in [-0.4, -0.2) is 58.8 Å². The Morgan fingerprint density at radius 3 is 2.64 bits per heavy atom. The lowest BCUT2D eigenvalue weighted by Gasteiger charge is -2.34. The molecule has 1 atom stereocenters. The third kappa shape index (κ3) is 5.80. The molecule has 2 heterocycles. The van der Waals surface area contributed by atoms with Crippen molar-refractivity contribution in [3.63, 3.8) is 0 Å². The van der Waals surface area contributed by atoms with Gasteiger partial charge in [-0.2, -0.15) is 0 Å². The Labute approximate surface area is 150 Å². The highest BCUT2D eigenvalue weighted by molar-refractivity contribution is 5.91. The number of likely N-dealkylation sites (tertiary alicyclic amines) is 1. The van der Waals surface area contributed by atoms with Crippen LogP contribution in [0.15, 0.2) is 12.4 Å². The molecule has 0 bridgehead atoms. The molecular weight excluding hydrogens is 316 g/mol. The van der Waals surface area contributed by atoms with Crippen LogP contribution in [0.25, 0.3) is 0 Å². The first-order chi connectivity index (χ1) is 11.7. The second-order valence-corrected chi connectivity index (χ2v) is 8.38. The maximum absolute atomic E-state index is 12.5. The molecule has 6 heteroatoms. The van der Waals surface area contributed by atoms with Crippen molar-refractivity contribution in [2.24, 2.45) is 11.3 Å². The molecule has 25 heavy (non-hydrogen) atoms. The Kier molecular flexibility index (Phi) is 6.14. The highest BCUT2D eigenvalue weighted by atomic mass is 16.2. The molecule has 1 fully saturated rings. The first-order valence-corrected chi connectivity index (χ1v) is 8.96. The Hall–Kier alpha value is -1.98. The maximum Gasteiger partial charge on any atom is 0.272 e. The van der Waals surface area contributed by atoms with Crippen molar-refractivity contribution in [3.8, 4) is 0 Å². The molecule has 1 aliphatic rings. The van der Waals surface area contributed by atoms with E-state index in [0.717, 1.165) is 38.0 Å². The van der Waals surface area contributed by atoms with Crippen LogP contribution in [0.4, 0.5) is 0 Å². The first kappa shape index (κ1) is 19.3. The predicted octanol–water partition coefficient (Wildman–Crippen LogP) is 2.40. The van der Waals surface area contributed by atoms with Crippen LogP contribution in [0.2, 0.25) is 0 Å². The minimum Gasteiger partial charge on any atom is -0.343 e. The quantitative estimate of drug-likeness (QED) is 0.840. The van der Waals surface area contributed by atoms with Crippen molar-refractivity contribution in [3.05, 3.63) is 23.8 Å². The van der Waals surface area contributed by atoms with E-state index < -0.39 is 0 Å². The van der Waals surface area contributed by atoms with E-state index in [1.165, 1.54) is 11.2 Å². The smallest absolute Gasteiger partial charge is 0.272 e. The van der Waals surface area contributed by atoms with E-state index in [-0.39, 0.29) is 17.2 Å². The summed E-state index contributed by atoms with van der Waals surface area (Å²) in [6.45, 7) is 7.90. The summed E-state index contributed by atoms with van der Waals surface area (Å²) in [4.78, 5) is 36.4. The van der Waals surface area contributed by atoms with Crippen LogP contribution >= 0.6 is 0 Å². The van der Waals surface area contributed by atoms with E-state index in [9.17, 15) is 9.59 Å². The number of nitrogens with zero attached hydrogens (tertiary/aromatic N) is 4. The van der Waals surface area contributed by atoms with Gasteiger partial charge in [-0.05, 0) is 36.7 Å². The summed E-state index contributed by atoms with van der Waals surface area (Å²) in [5.74, 6) is 0.507. The molecule has 2 amide bonds. The molecule has 6 nitrogen and oxygen atoms in total. The summed E-state index contributed by atoms with van der Waals surface area (Å²) in [6, 6.07) is 1.78. The third-order valence-corrected chi connectivity index (χ3v) is 4.40. The van der Waals surface area contributed by atoms with Crippen LogP contribution in [0.1, 0.15) is 56.2 Å². The Balaban J connectivity index is 2.00. The minimum atomic E-state index is -0.116. The topological polar surface area (TPSA) is 66.4 Å². The summed E-state index contributed by atoms with van der Waals surface area (Å²) in [5, 5.41) is 0. The Morgan fingerprint density at radius 1 is 1.28 bits per heavy atom. The Bertz CT molecular complexity index is 622. The van der Waals surface area contributed by atoms with Crippen molar-refractivity contribution in [2.45, 2.75) is 46.5 Å². The van der Waals surface area contributed by atoms with Gasteiger partial charge in [0.2, 0.25) is 5.91 Å². The molecule has 1 aromatic rings. The fourth-order valence-corrected chi connectivity index (χ4v) is 3.17. The molecule has 0 N–H and O–H groups in total. The molecular formula is C19H30N4O2. The number of aromatic nitrogens is 2. The normalized spacial score (nSPS) is 18.1. The standard InChI is InChI=1S/C19H30N4O2/c1-19(2,3)11-17(24)23-8-6-7-14(12-23)9-15-10-16(21-13-20-15)18(25)22(4)5/h10,13-14H,6-9,11-12H2,1-5H3/t14-/m0/s1. The summed E-state index contributed by atoms with van der Waals surface area (Å²) >= 11 is 0. The van der Waals surface area contributed by atoms with Crippen molar-refractivity contribution in [2.75, 3.05) is 27.2 Å². The molecule has 0 spiro atoms. The number of amides is 2. The lowest BCUT2D eigenvalue weighted by Crippen LogP contribution is -2.41. The van der Waals surface area contributed by atoms with Gasteiger partial charge in [-0.1, -0.05) is 20.8 Å². The molecule has 2 rings (SSSR count). The summed E-state index contributed by atoms with van der Waals surface area (Å²) in [6.07, 6.45) is 4.91. The minimum absolute atomic E-state index is 0.0120. The number of hydrogen-bond acceptors (Lipinski definition) is 4. The lowest BCUT2D eigenvalue weighted by molar-refractivity contribution is -0.134. The molecule has 0 aliphatic carbocycles. The van der Waals surface area contributed by atoms with E-state index in [4.69, 9.17) is 0 Å². The number of carbonyl (C=O) groups is 2. The second-order valence-electron chi connectivity index (χ2n) is 8.38. The average Bonchev–Trinajstić information content (AvgIpc) is 2.53. The van der Waals surface area contributed by atoms with Gasteiger partial charge in [0.05, 0.1) is 0 Å². The van der Waals surface area contributed by atoms with Crippen molar-refractivity contribution >= 4 is 11.8 Å². The van der Waals surface area contributed by atoms with Crippen LogP contribution in [0, 0.1) is 11.3 Å². The molecule has 1 saturated heterocycles. The predicted molar refractivity (Wildman–Crippen MR) is 97.1 cm³/mol. The zero-order valence-electron chi connectivity index (χ0n) is 16.1. The largest absolute Gasteiger partial charge is 0.343 e. The van der Waals surface area contributed by atoms with E-state index in [0.29, 0.717) is 18.0 Å². The maximum atomic E-state index is 12.5.